The number of aryl methyl sites for hydroxylation is 1. The van der Waals surface area contributed by atoms with Gasteiger partial charge in [0.25, 0.3) is 6.43 Å². The molecule has 1 heterocycles. The Hall–Kier alpha value is -1.91. The molecule has 2 rings (SSSR count). The van der Waals surface area contributed by atoms with Crippen molar-refractivity contribution in [2.75, 3.05) is 5.73 Å². The second-order valence-corrected chi connectivity index (χ2v) is 3.57. The highest BCUT2D eigenvalue weighted by molar-refractivity contribution is 5.73. The van der Waals surface area contributed by atoms with Crippen LogP contribution in [0.25, 0.3) is 11.1 Å². The molecule has 1 aromatic heterocycles. The van der Waals surface area contributed by atoms with Gasteiger partial charge in [-0.05, 0) is 24.1 Å². The maximum Gasteiger partial charge on any atom is 0.264 e. The number of anilines is 1. The number of rotatable bonds is 2. The summed E-state index contributed by atoms with van der Waals surface area (Å²) in [6, 6.07) is 4.85. The van der Waals surface area contributed by atoms with E-state index < -0.39 is 6.43 Å². The molecule has 0 fully saturated rings. The van der Waals surface area contributed by atoms with Gasteiger partial charge in [0, 0.05) is 11.1 Å². The molecule has 16 heavy (non-hydrogen) atoms. The molecular formula is C11H11F2N3. The summed E-state index contributed by atoms with van der Waals surface area (Å²) in [7, 11) is 0. The third-order valence-electron chi connectivity index (χ3n) is 2.49. The number of alkyl halides is 2. The van der Waals surface area contributed by atoms with Crippen molar-refractivity contribution in [3.8, 4) is 11.1 Å². The maximum absolute atomic E-state index is 12.7. The number of benzene rings is 1. The van der Waals surface area contributed by atoms with Crippen LogP contribution in [-0.4, -0.2) is 10.2 Å². The number of hydrogen-bond donors (Lipinski definition) is 2. The monoisotopic (exact) mass is 223 g/mol. The van der Waals surface area contributed by atoms with Gasteiger partial charge >= 0.3 is 0 Å². The molecule has 0 spiro atoms. The molecule has 0 atom stereocenters. The van der Waals surface area contributed by atoms with E-state index in [0.29, 0.717) is 22.5 Å². The number of hydrogen-bond acceptors (Lipinski definition) is 2. The van der Waals surface area contributed by atoms with Crippen LogP contribution in [0.2, 0.25) is 0 Å². The lowest BCUT2D eigenvalue weighted by atomic mass is 10.0. The zero-order valence-electron chi connectivity index (χ0n) is 8.67. The van der Waals surface area contributed by atoms with Gasteiger partial charge in [0.1, 0.15) is 5.82 Å². The smallest absolute Gasteiger partial charge is 0.264 e. The highest BCUT2D eigenvalue weighted by Gasteiger charge is 2.13. The van der Waals surface area contributed by atoms with Gasteiger partial charge in [-0.1, -0.05) is 12.1 Å². The number of nitrogens with one attached hydrogen (secondary N) is 1. The lowest BCUT2D eigenvalue weighted by Gasteiger charge is -2.07. The van der Waals surface area contributed by atoms with E-state index >= 15 is 0 Å². The normalized spacial score (nSPS) is 11.0. The summed E-state index contributed by atoms with van der Waals surface area (Å²) in [5.41, 5.74) is 7.51. The van der Waals surface area contributed by atoms with Crippen molar-refractivity contribution < 1.29 is 8.78 Å². The first-order valence-electron chi connectivity index (χ1n) is 4.77. The number of nitrogens with zero attached hydrogens (tertiary/aromatic N) is 1. The van der Waals surface area contributed by atoms with Gasteiger partial charge in [0.05, 0.1) is 6.20 Å². The predicted molar refractivity (Wildman–Crippen MR) is 58.1 cm³/mol. The van der Waals surface area contributed by atoms with E-state index in [1.165, 1.54) is 12.3 Å². The Morgan fingerprint density at radius 3 is 2.69 bits per heavy atom. The first-order chi connectivity index (χ1) is 7.59. The number of nitrogen functional groups attached to an aromatic ring is 1. The van der Waals surface area contributed by atoms with Crippen LogP contribution in [0.3, 0.4) is 0 Å². The molecule has 5 heteroatoms. The Labute approximate surface area is 91.3 Å². The summed E-state index contributed by atoms with van der Waals surface area (Å²) in [5.74, 6) is 0.379. The molecule has 84 valence electrons. The summed E-state index contributed by atoms with van der Waals surface area (Å²) in [5, 5.41) is 6.33. The highest BCUT2D eigenvalue weighted by atomic mass is 19.3. The van der Waals surface area contributed by atoms with Crippen molar-refractivity contribution in [3.63, 3.8) is 0 Å². The van der Waals surface area contributed by atoms with Crippen molar-refractivity contribution >= 4 is 5.82 Å². The molecule has 0 aliphatic carbocycles. The summed E-state index contributed by atoms with van der Waals surface area (Å²) >= 11 is 0. The van der Waals surface area contributed by atoms with Crippen LogP contribution < -0.4 is 5.73 Å². The van der Waals surface area contributed by atoms with Crippen LogP contribution in [0.15, 0.2) is 24.4 Å². The van der Waals surface area contributed by atoms with Crippen molar-refractivity contribution in [2.45, 2.75) is 13.3 Å². The molecule has 0 amide bonds. The minimum atomic E-state index is -2.48. The van der Waals surface area contributed by atoms with E-state index in [0.717, 1.165) is 0 Å². The molecule has 0 aliphatic heterocycles. The Bertz CT molecular complexity index is 506. The summed E-state index contributed by atoms with van der Waals surface area (Å²) < 4.78 is 25.4. The molecule has 3 nitrogen and oxygen atoms in total. The Morgan fingerprint density at radius 2 is 2.12 bits per heavy atom. The predicted octanol–water partition coefficient (Wildman–Crippen LogP) is 2.90. The topological polar surface area (TPSA) is 54.7 Å². The minimum absolute atomic E-state index is 0.0260. The van der Waals surface area contributed by atoms with Crippen LogP contribution in [0.1, 0.15) is 17.6 Å². The van der Waals surface area contributed by atoms with Crippen LogP contribution in [-0.2, 0) is 0 Å². The fourth-order valence-electron chi connectivity index (χ4n) is 1.57. The lowest BCUT2D eigenvalue weighted by Crippen LogP contribution is -1.92. The third-order valence-corrected chi connectivity index (χ3v) is 2.49. The van der Waals surface area contributed by atoms with Gasteiger partial charge in [0.2, 0.25) is 0 Å². The first-order valence-corrected chi connectivity index (χ1v) is 4.77. The van der Waals surface area contributed by atoms with Crippen molar-refractivity contribution in [1.82, 2.24) is 10.2 Å². The van der Waals surface area contributed by atoms with Crippen molar-refractivity contribution in [2.24, 2.45) is 0 Å². The van der Waals surface area contributed by atoms with Crippen LogP contribution >= 0.6 is 0 Å². The fourth-order valence-corrected chi connectivity index (χ4v) is 1.57. The molecule has 3 N–H and O–H groups in total. The second kappa shape index (κ2) is 3.92. The van der Waals surface area contributed by atoms with E-state index in [9.17, 15) is 8.78 Å². The van der Waals surface area contributed by atoms with Crippen LogP contribution in [0.4, 0.5) is 14.6 Å². The van der Waals surface area contributed by atoms with Gasteiger partial charge in [0.15, 0.2) is 0 Å². The molecular weight excluding hydrogens is 212 g/mol. The van der Waals surface area contributed by atoms with Gasteiger partial charge in [-0.3, -0.25) is 5.10 Å². The average Bonchev–Trinajstić information content (AvgIpc) is 2.65. The molecule has 2 aromatic rings. The molecule has 0 radical (unpaired) electrons. The number of nitrogens with two attached hydrogens (primary N) is 1. The summed E-state index contributed by atoms with van der Waals surface area (Å²) in [6.45, 7) is 1.66. The fraction of sp³-hybridized carbons (Fsp3) is 0.182. The number of aromatic amines is 1. The molecule has 0 aliphatic rings. The van der Waals surface area contributed by atoms with Crippen LogP contribution in [0, 0.1) is 6.92 Å². The first kappa shape index (κ1) is 10.6. The van der Waals surface area contributed by atoms with Crippen molar-refractivity contribution in [1.29, 1.82) is 0 Å². The van der Waals surface area contributed by atoms with Gasteiger partial charge < -0.3 is 5.73 Å². The minimum Gasteiger partial charge on any atom is -0.384 e. The van der Waals surface area contributed by atoms with E-state index in [1.54, 1.807) is 19.1 Å². The zero-order valence-corrected chi connectivity index (χ0v) is 8.67. The second-order valence-electron chi connectivity index (χ2n) is 3.57. The quantitative estimate of drug-likeness (QED) is 0.822. The maximum atomic E-state index is 12.7. The average molecular weight is 223 g/mol. The molecule has 0 saturated carbocycles. The van der Waals surface area contributed by atoms with Gasteiger partial charge in [-0.25, -0.2) is 8.78 Å². The Kier molecular flexibility index (Phi) is 2.60. The molecule has 1 aromatic carbocycles. The third kappa shape index (κ3) is 1.76. The number of H-pyrrole nitrogens is 1. The summed E-state index contributed by atoms with van der Waals surface area (Å²) in [6.07, 6.45) is -0.956. The van der Waals surface area contributed by atoms with Gasteiger partial charge in [-0.15, -0.1) is 0 Å². The molecule has 0 unspecified atom stereocenters. The standard InChI is InChI=1S/C11H11F2N3/c1-6-2-3-7(4-8(6)10(12)13)9-5-15-16-11(9)14/h2-5,10H,1H3,(H3,14,15,16). The zero-order chi connectivity index (χ0) is 11.7. The van der Waals surface area contributed by atoms with Gasteiger partial charge in [-0.2, -0.15) is 5.10 Å². The van der Waals surface area contributed by atoms with Crippen molar-refractivity contribution in [3.05, 3.63) is 35.5 Å². The SMILES string of the molecule is Cc1ccc(-c2cn[nH]c2N)cc1C(F)F. The Morgan fingerprint density at radius 1 is 1.38 bits per heavy atom. The highest BCUT2D eigenvalue weighted by Crippen LogP contribution is 2.30. The number of aromatic nitrogens is 2. The molecule has 0 saturated heterocycles. The number of halogens is 2. The molecule has 0 bridgehead atoms. The van der Waals surface area contributed by atoms with E-state index in [1.807, 2.05) is 0 Å². The lowest BCUT2D eigenvalue weighted by molar-refractivity contribution is 0.150. The van der Waals surface area contributed by atoms with Crippen LogP contribution in [0.5, 0.6) is 0 Å². The summed E-state index contributed by atoms with van der Waals surface area (Å²) in [4.78, 5) is 0. The Balaban J connectivity index is 2.52. The van der Waals surface area contributed by atoms with E-state index in [2.05, 4.69) is 10.2 Å². The van der Waals surface area contributed by atoms with E-state index in [-0.39, 0.29) is 5.56 Å². The largest absolute Gasteiger partial charge is 0.384 e. The van der Waals surface area contributed by atoms with E-state index in [4.69, 9.17) is 5.73 Å².